The minimum Gasteiger partial charge on any atom is -0.462 e. The molecule has 1 aromatic carbocycles. The largest absolute Gasteiger partial charge is 0.462 e. The molecule has 0 spiro atoms. The van der Waals surface area contributed by atoms with Crippen molar-refractivity contribution in [3.63, 3.8) is 0 Å². The van der Waals surface area contributed by atoms with E-state index in [0.717, 1.165) is 5.56 Å². The molecule has 0 saturated carbocycles. The minimum absolute atomic E-state index is 0.167. The molecule has 15 heavy (non-hydrogen) atoms. The molecule has 0 atom stereocenters. The summed E-state index contributed by atoms with van der Waals surface area (Å²) in [6.45, 7) is 1.96. The van der Waals surface area contributed by atoms with Crippen molar-refractivity contribution in [2.24, 2.45) is 0 Å². The Balaban J connectivity index is 2.76. The molecule has 1 aromatic rings. The number of hydrogen-bond donors (Lipinski definition) is 1. The third-order valence-electron chi connectivity index (χ3n) is 1.71. The SMILES string of the molecule is CCOC(=O)c1ccc(C#CCO)cc1. The van der Waals surface area contributed by atoms with Crippen LogP contribution < -0.4 is 0 Å². The standard InChI is InChI=1S/C12H12O3/c1-2-15-12(14)11-7-5-10(6-8-11)4-3-9-13/h5-8,13H,2,9H2,1H3. The highest BCUT2D eigenvalue weighted by Gasteiger charge is 2.04. The van der Waals surface area contributed by atoms with Gasteiger partial charge in [-0.25, -0.2) is 4.79 Å². The molecule has 0 aliphatic rings. The first-order valence-corrected chi connectivity index (χ1v) is 4.65. The van der Waals surface area contributed by atoms with Crippen LogP contribution in [-0.4, -0.2) is 24.3 Å². The maximum absolute atomic E-state index is 11.3. The maximum atomic E-state index is 11.3. The van der Waals surface area contributed by atoms with Gasteiger partial charge in [0.2, 0.25) is 0 Å². The van der Waals surface area contributed by atoms with Gasteiger partial charge in [-0.15, -0.1) is 0 Å². The van der Waals surface area contributed by atoms with Crippen LogP contribution in [0.25, 0.3) is 0 Å². The van der Waals surface area contributed by atoms with Crippen molar-refractivity contribution in [2.75, 3.05) is 13.2 Å². The quantitative estimate of drug-likeness (QED) is 0.581. The summed E-state index contributed by atoms with van der Waals surface area (Å²) in [5, 5.41) is 8.49. The normalized spacial score (nSPS) is 8.93. The van der Waals surface area contributed by atoms with E-state index in [0.29, 0.717) is 12.2 Å². The van der Waals surface area contributed by atoms with Crippen molar-refractivity contribution in [1.82, 2.24) is 0 Å². The highest BCUT2D eigenvalue weighted by Crippen LogP contribution is 2.04. The summed E-state index contributed by atoms with van der Waals surface area (Å²) in [7, 11) is 0. The van der Waals surface area contributed by atoms with Crippen LogP contribution in [0, 0.1) is 11.8 Å². The Morgan fingerprint density at radius 3 is 2.60 bits per heavy atom. The lowest BCUT2D eigenvalue weighted by atomic mass is 10.1. The van der Waals surface area contributed by atoms with Gasteiger partial charge in [-0.3, -0.25) is 0 Å². The number of hydrogen-bond acceptors (Lipinski definition) is 3. The molecule has 1 rings (SSSR count). The van der Waals surface area contributed by atoms with Crippen LogP contribution in [0.15, 0.2) is 24.3 Å². The first-order valence-electron chi connectivity index (χ1n) is 4.65. The summed E-state index contributed by atoms with van der Waals surface area (Å²) >= 11 is 0. The van der Waals surface area contributed by atoms with Crippen molar-refractivity contribution in [1.29, 1.82) is 0 Å². The molecule has 0 saturated heterocycles. The van der Waals surface area contributed by atoms with E-state index in [1.54, 1.807) is 31.2 Å². The monoisotopic (exact) mass is 204 g/mol. The van der Waals surface area contributed by atoms with Gasteiger partial charge in [0.15, 0.2) is 0 Å². The van der Waals surface area contributed by atoms with E-state index in [4.69, 9.17) is 9.84 Å². The second kappa shape index (κ2) is 5.84. The summed E-state index contributed by atoms with van der Waals surface area (Å²) in [6, 6.07) is 6.74. The lowest BCUT2D eigenvalue weighted by Crippen LogP contribution is -2.04. The van der Waals surface area contributed by atoms with Gasteiger partial charge in [0, 0.05) is 5.56 Å². The van der Waals surface area contributed by atoms with Gasteiger partial charge in [0.25, 0.3) is 0 Å². The first kappa shape index (κ1) is 11.3. The van der Waals surface area contributed by atoms with E-state index in [1.165, 1.54) is 0 Å². The molecule has 0 aromatic heterocycles. The van der Waals surface area contributed by atoms with E-state index in [-0.39, 0.29) is 12.6 Å². The van der Waals surface area contributed by atoms with Crippen LogP contribution in [-0.2, 0) is 4.74 Å². The van der Waals surface area contributed by atoms with Crippen molar-refractivity contribution in [3.8, 4) is 11.8 Å². The fraction of sp³-hybridized carbons (Fsp3) is 0.250. The molecule has 0 radical (unpaired) electrons. The van der Waals surface area contributed by atoms with Gasteiger partial charge in [-0.05, 0) is 31.2 Å². The fourth-order valence-corrected chi connectivity index (χ4v) is 1.05. The second-order valence-electron chi connectivity index (χ2n) is 2.76. The smallest absolute Gasteiger partial charge is 0.338 e. The van der Waals surface area contributed by atoms with Gasteiger partial charge >= 0.3 is 5.97 Å². The fourth-order valence-electron chi connectivity index (χ4n) is 1.05. The average Bonchev–Trinajstić information content (AvgIpc) is 2.27. The Bertz CT molecular complexity index is 382. The van der Waals surface area contributed by atoms with Gasteiger partial charge in [0.05, 0.1) is 12.2 Å². The lowest BCUT2D eigenvalue weighted by molar-refractivity contribution is 0.0526. The van der Waals surface area contributed by atoms with Crippen LogP contribution >= 0.6 is 0 Å². The van der Waals surface area contributed by atoms with E-state index in [9.17, 15) is 4.79 Å². The average molecular weight is 204 g/mol. The molecule has 0 fully saturated rings. The molecule has 0 amide bonds. The summed E-state index contributed by atoms with van der Waals surface area (Å²) in [5.74, 6) is 4.93. The van der Waals surface area contributed by atoms with E-state index < -0.39 is 0 Å². The van der Waals surface area contributed by atoms with E-state index in [2.05, 4.69) is 11.8 Å². The van der Waals surface area contributed by atoms with Crippen LogP contribution in [0.2, 0.25) is 0 Å². The zero-order valence-electron chi connectivity index (χ0n) is 8.49. The van der Waals surface area contributed by atoms with Gasteiger partial charge in [0.1, 0.15) is 6.61 Å². The van der Waals surface area contributed by atoms with Crippen LogP contribution in [0.1, 0.15) is 22.8 Å². The van der Waals surface area contributed by atoms with Gasteiger partial charge in [-0.1, -0.05) is 11.8 Å². The first-order chi connectivity index (χ1) is 7.27. The summed E-state index contributed by atoms with van der Waals surface area (Å²) in [4.78, 5) is 11.3. The van der Waals surface area contributed by atoms with Crippen LogP contribution in [0.4, 0.5) is 0 Å². The Hall–Kier alpha value is -1.79. The number of esters is 1. The number of aliphatic hydroxyl groups excluding tert-OH is 1. The predicted octanol–water partition coefficient (Wildman–Crippen LogP) is 1.21. The Morgan fingerprint density at radius 2 is 2.07 bits per heavy atom. The summed E-state index contributed by atoms with van der Waals surface area (Å²) in [5.41, 5.74) is 1.27. The molecule has 3 nitrogen and oxygen atoms in total. The molecule has 78 valence electrons. The Kier molecular flexibility index (Phi) is 4.39. The Morgan fingerprint density at radius 1 is 1.40 bits per heavy atom. The lowest BCUT2D eigenvalue weighted by Gasteiger charge is -2.00. The van der Waals surface area contributed by atoms with Crippen molar-refractivity contribution >= 4 is 5.97 Å². The molecule has 0 aliphatic carbocycles. The number of carbonyl (C=O) groups excluding carboxylic acids is 1. The molecule has 0 aliphatic heterocycles. The molecular formula is C12H12O3. The van der Waals surface area contributed by atoms with Crippen LogP contribution in [0.3, 0.4) is 0 Å². The number of rotatable bonds is 2. The molecule has 1 N–H and O–H groups in total. The molecule has 0 heterocycles. The maximum Gasteiger partial charge on any atom is 0.338 e. The van der Waals surface area contributed by atoms with Crippen LogP contribution in [0.5, 0.6) is 0 Å². The molecule has 0 unspecified atom stereocenters. The minimum atomic E-state index is -0.334. The highest BCUT2D eigenvalue weighted by molar-refractivity contribution is 5.89. The number of carbonyl (C=O) groups is 1. The predicted molar refractivity (Wildman–Crippen MR) is 56.4 cm³/mol. The van der Waals surface area contributed by atoms with Crippen molar-refractivity contribution < 1.29 is 14.6 Å². The summed E-state index contributed by atoms with van der Waals surface area (Å²) < 4.78 is 4.83. The number of benzene rings is 1. The third kappa shape index (κ3) is 3.45. The zero-order chi connectivity index (χ0) is 11.1. The number of ether oxygens (including phenoxy) is 1. The third-order valence-corrected chi connectivity index (χ3v) is 1.71. The summed E-state index contributed by atoms with van der Waals surface area (Å²) in [6.07, 6.45) is 0. The van der Waals surface area contributed by atoms with Gasteiger partial charge in [-0.2, -0.15) is 0 Å². The molecule has 3 heteroatoms. The zero-order valence-corrected chi connectivity index (χ0v) is 8.49. The van der Waals surface area contributed by atoms with Crippen molar-refractivity contribution in [3.05, 3.63) is 35.4 Å². The van der Waals surface area contributed by atoms with E-state index >= 15 is 0 Å². The Labute approximate surface area is 88.7 Å². The second-order valence-corrected chi connectivity index (χ2v) is 2.76. The number of aliphatic hydroxyl groups is 1. The molecule has 0 bridgehead atoms. The molecular weight excluding hydrogens is 192 g/mol. The highest BCUT2D eigenvalue weighted by atomic mass is 16.5. The van der Waals surface area contributed by atoms with E-state index in [1.807, 2.05) is 0 Å². The van der Waals surface area contributed by atoms with Gasteiger partial charge < -0.3 is 9.84 Å². The topological polar surface area (TPSA) is 46.5 Å². The van der Waals surface area contributed by atoms with Crippen molar-refractivity contribution in [2.45, 2.75) is 6.92 Å².